The van der Waals surface area contributed by atoms with Crippen LogP contribution < -0.4 is 0 Å². The minimum atomic E-state index is -1.82. The van der Waals surface area contributed by atoms with Crippen LogP contribution in [-0.2, 0) is 25.7 Å². The third-order valence-corrected chi connectivity index (χ3v) is 1.34. The van der Waals surface area contributed by atoms with Crippen LogP contribution in [0.4, 0.5) is 0 Å². The lowest BCUT2D eigenvalue weighted by Crippen LogP contribution is -2.09. The minimum absolute atomic E-state index is 0.365. The molecule has 6 nitrogen and oxygen atoms in total. The Hall–Kier alpha value is -2.37. The van der Waals surface area contributed by atoms with Gasteiger partial charge in [-0.3, -0.25) is 4.79 Å². The topological polar surface area (TPSA) is 101 Å². The van der Waals surface area contributed by atoms with E-state index < -0.39 is 11.9 Å². The molecule has 0 aliphatic heterocycles. The fourth-order valence-corrected chi connectivity index (χ4v) is 0.704. The zero-order valence-electron chi connectivity index (χ0n) is 8.20. The average Bonchev–Trinajstić information content (AvgIpc) is 2.28. The molecule has 16 heavy (non-hydrogen) atoms. The summed E-state index contributed by atoms with van der Waals surface area (Å²) in [6.45, 7) is 0.817. The molecule has 6 heteroatoms. The molecule has 0 atom stereocenters. The first-order valence-electron chi connectivity index (χ1n) is 4.13. The second-order valence-electron chi connectivity index (χ2n) is 2.50. The molecule has 0 heterocycles. The molecular formula is C10H10O6. The maximum atomic E-state index is 9.76. The van der Waals surface area contributed by atoms with E-state index in [1.165, 1.54) is 0 Å². The molecule has 0 saturated heterocycles. The molecule has 0 spiro atoms. The summed E-state index contributed by atoms with van der Waals surface area (Å²) in [6.07, 6.45) is 0. The predicted octanol–water partition coefficient (Wildman–Crippen LogP) is 0.515. The van der Waals surface area contributed by atoms with Crippen molar-refractivity contribution in [3.63, 3.8) is 0 Å². The molecule has 0 bridgehead atoms. The Morgan fingerprint density at radius 3 is 2.00 bits per heavy atom. The van der Waals surface area contributed by atoms with Gasteiger partial charge in [-0.1, -0.05) is 30.3 Å². The second kappa shape index (κ2) is 7.98. The number of hydrogen-bond donors (Lipinski definition) is 2. The highest BCUT2D eigenvalue weighted by Crippen LogP contribution is 1.98. The molecule has 1 aromatic rings. The predicted molar refractivity (Wildman–Crippen MR) is 52.6 cm³/mol. The normalized spacial score (nSPS) is 8.25. The minimum Gasteiger partial charge on any atom is -0.473 e. The summed E-state index contributed by atoms with van der Waals surface area (Å²) in [5, 5.41) is 14.8. The van der Waals surface area contributed by atoms with Gasteiger partial charge in [0, 0.05) is 0 Å². The summed E-state index contributed by atoms with van der Waals surface area (Å²) in [7, 11) is 0. The summed E-state index contributed by atoms with van der Waals surface area (Å²) < 4.78 is 4.54. The third-order valence-electron chi connectivity index (χ3n) is 1.34. The van der Waals surface area contributed by atoms with Crippen molar-refractivity contribution in [3.05, 3.63) is 35.9 Å². The lowest BCUT2D eigenvalue weighted by atomic mass is 10.2. The molecule has 0 unspecified atom stereocenters. The largest absolute Gasteiger partial charge is 0.473 e. The number of carbonyl (C=O) groups is 3. The first-order valence-corrected chi connectivity index (χ1v) is 4.13. The smallest absolute Gasteiger partial charge is 0.414 e. The number of aliphatic carboxylic acids is 2. The summed E-state index contributed by atoms with van der Waals surface area (Å²) >= 11 is 0. The van der Waals surface area contributed by atoms with Gasteiger partial charge in [-0.25, -0.2) is 9.59 Å². The summed E-state index contributed by atoms with van der Waals surface area (Å²) in [6, 6.07) is 9.55. The van der Waals surface area contributed by atoms with Crippen molar-refractivity contribution in [1.29, 1.82) is 0 Å². The van der Waals surface area contributed by atoms with Gasteiger partial charge in [0.15, 0.2) is 0 Å². The molecule has 1 rings (SSSR count). The highest BCUT2D eigenvalue weighted by Gasteiger charge is 2.04. The van der Waals surface area contributed by atoms with Gasteiger partial charge in [0.05, 0.1) is 0 Å². The van der Waals surface area contributed by atoms with Crippen LogP contribution in [0.5, 0.6) is 0 Å². The maximum absolute atomic E-state index is 9.76. The lowest BCUT2D eigenvalue weighted by Gasteiger charge is -1.95. The number of hydrogen-bond acceptors (Lipinski definition) is 4. The number of rotatable bonds is 3. The van der Waals surface area contributed by atoms with E-state index in [1.807, 2.05) is 30.3 Å². The molecule has 86 valence electrons. The Balaban J connectivity index is 0.000000325. The Morgan fingerprint density at radius 2 is 1.62 bits per heavy atom. The molecule has 0 aliphatic carbocycles. The lowest BCUT2D eigenvalue weighted by molar-refractivity contribution is -0.159. The van der Waals surface area contributed by atoms with E-state index in [4.69, 9.17) is 19.8 Å². The Morgan fingerprint density at radius 1 is 1.12 bits per heavy atom. The van der Waals surface area contributed by atoms with E-state index >= 15 is 0 Å². The van der Waals surface area contributed by atoms with Crippen molar-refractivity contribution < 1.29 is 29.3 Å². The van der Waals surface area contributed by atoms with Crippen molar-refractivity contribution in [3.8, 4) is 0 Å². The monoisotopic (exact) mass is 226 g/mol. The zero-order valence-corrected chi connectivity index (χ0v) is 8.20. The maximum Gasteiger partial charge on any atom is 0.414 e. The first-order chi connectivity index (χ1) is 7.57. The van der Waals surface area contributed by atoms with Crippen molar-refractivity contribution >= 4 is 18.4 Å². The molecule has 2 N–H and O–H groups in total. The van der Waals surface area contributed by atoms with E-state index in [9.17, 15) is 4.79 Å². The fourth-order valence-electron chi connectivity index (χ4n) is 0.704. The first kappa shape index (κ1) is 13.6. The van der Waals surface area contributed by atoms with E-state index in [-0.39, 0.29) is 0 Å². The standard InChI is InChI=1S/C8H8O2.C2H2O4/c9-7-10-6-8-4-2-1-3-5-8;3-1(4)2(5)6/h1-5,7H,6H2;(H,3,4)(H,5,6). The number of carboxylic acids is 2. The van der Waals surface area contributed by atoms with Crippen LogP contribution in [0.3, 0.4) is 0 Å². The van der Waals surface area contributed by atoms with Gasteiger partial charge >= 0.3 is 11.9 Å². The summed E-state index contributed by atoms with van der Waals surface area (Å²) in [5.74, 6) is -3.65. The van der Waals surface area contributed by atoms with Gasteiger partial charge in [0.1, 0.15) is 6.61 Å². The number of carbonyl (C=O) groups excluding carboxylic acids is 1. The van der Waals surface area contributed by atoms with Crippen molar-refractivity contribution in [2.24, 2.45) is 0 Å². The fraction of sp³-hybridized carbons (Fsp3) is 0.100. The van der Waals surface area contributed by atoms with E-state index in [0.29, 0.717) is 13.1 Å². The zero-order chi connectivity index (χ0) is 12.4. The number of carboxylic acid groups (broad SMARTS) is 2. The number of benzene rings is 1. The van der Waals surface area contributed by atoms with Crippen molar-refractivity contribution in [2.75, 3.05) is 0 Å². The van der Waals surface area contributed by atoms with Gasteiger partial charge in [0.25, 0.3) is 6.47 Å². The van der Waals surface area contributed by atoms with Gasteiger partial charge in [-0.2, -0.15) is 0 Å². The molecule has 0 amide bonds. The van der Waals surface area contributed by atoms with Gasteiger partial charge < -0.3 is 14.9 Å². The van der Waals surface area contributed by atoms with Crippen LogP contribution in [0.1, 0.15) is 5.56 Å². The van der Waals surface area contributed by atoms with E-state index in [2.05, 4.69) is 4.74 Å². The van der Waals surface area contributed by atoms with Crippen LogP contribution in [0.25, 0.3) is 0 Å². The van der Waals surface area contributed by atoms with E-state index in [1.54, 1.807) is 0 Å². The van der Waals surface area contributed by atoms with Crippen LogP contribution in [0, 0.1) is 0 Å². The van der Waals surface area contributed by atoms with Crippen LogP contribution in [0.2, 0.25) is 0 Å². The SMILES string of the molecule is O=C(O)C(=O)O.O=COCc1ccccc1. The quantitative estimate of drug-likeness (QED) is 0.575. The van der Waals surface area contributed by atoms with Crippen molar-refractivity contribution in [2.45, 2.75) is 6.61 Å². The highest BCUT2D eigenvalue weighted by atomic mass is 16.5. The second-order valence-corrected chi connectivity index (χ2v) is 2.50. The molecule has 1 aromatic carbocycles. The number of ether oxygens (including phenoxy) is 1. The molecule has 0 aromatic heterocycles. The molecule has 0 radical (unpaired) electrons. The Labute approximate surface area is 91.1 Å². The Kier molecular flexibility index (Phi) is 6.80. The summed E-state index contributed by atoms with van der Waals surface area (Å²) in [5.41, 5.74) is 1.01. The van der Waals surface area contributed by atoms with Gasteiger partial charge in [-0.05, 0) is 5.56 Å². The summed E-state index contributed by atoms with van der Waals surface area (Å²) in [4.78, 5) is 28.0. The van der Waals surface area contributed by atoms with Crippen LogP contribution in [-0.4, -0.2) is 28.6 Å². The Bertz CT molecular complexity index is 334. The molecule has 0 saturated carbocycles. The van der Waals surface area contributed by atoms with Gasteiger partial charge in [-0.15, -0.1) is 0 Å². The van der Waals surface area contributed by atoms with Crippen LogP contribution in [0.15, 0.2) is 30.3 Å². The van der Waals surface area contributed by atoms with Gasteiger partial charge in [0.2, 0.25) is 0 Å². The van der Waals surface area contributed by atoms with Crippen LogP contribution >= 0.6 is 0 Å². The van der Waals surface area contributed by atoms with E-state index in [0.717, 1.165) is 5.56 Å². The molecule has 0 aliphatic rings. The average molecular weight is 226 g/mol. The molecule has 0 fully saturated rings. The highest BCUT2D eigenvalue weighted by molar-refractivity contribution is 6.27. The van der Waals surface area contributed by atoms with Crippen molar-refractivity contribution in [1.82, 2.24) is 0 Å². The third kappa shape index (κ3) is 7.07. The molecular weight excluding hydrogens is 216 g/mol.